The van der Waals surface area contributed by atoms with Gasteiger partial charge in [-0.2, -0.15) is 0 Å². The number of ether oxygens (including phenoxy) is 1. The molecule has 4 aromatic rings. The minimum absolute atomic E-state index is 0.0148. The van der Waals surface area contributed by atoms with Crippen molar-refractivity contribution in [2.24, 2.45) is 7.05 Å². The Balaban J connectivity index is 1.44. The summed E-state index contributed by atoms with van der Waals surface area (Å²) in [5, 5.41) is 8.95. The van der Waals surface area contributed by atoms with Crippen molar-refractivity contribution in [2.45, 2.75) is 52.3 Å². The van der Waals surface area contributed by atoms with Crippen molar-refractivity contribution < 1.29 is 14.3 Å². The molecule has 0 saturated carbocycles. The summed E-state index contributed by atoms with van der Waals surface area (Å²) in [6.45, 7) is 10.5. The maximum absolute atomic E-state index is 14.1. The maximum atomic E-state index is 14.1. The van der Waals surface area contributed by atoms with Crippen molar-refractivity contribution in [2.75, 3.05) is 18.0 Å². The lowest BCUT2D eigenvalue weighted by Crippen LogP contribution is -2.52. The van der Waals surface area contributed by atoms with Gasteiger partial charge in [0, 0.05) is 31.4 Å². The number of aromatic nitrogens is 5. The molecule has 0 aliphatic carbocycles. The Labute approximate surface area is 231 Å². The largest absolute Gasteiger partial charge is 0.444 e. The summed E-state index contributed by atoms with van der Waals surface area (Å²) in [6.07, 6.45) is 1.69. The average molecular weight is 548 g/mol. The topological polar surface area (TPSA) is 98.4 Å². The molecule has 1 saturated heterocycles. The molecule has 1 unspecified atom stereocenters. The Hall–Kier alpha value is -3.92. The van der Waals surface area contributed by atoms with Crippen molar-refractivity contribution in [1.29, 1.82) is 0 Å². The van der Waals surface area contributed by atoms with Crippen molar-refractivity contribution in [1.82, 2.24) is 29.4 Å². The van der Waals surface area contributed by atoms with Crippen LogP contribution >= 0.6 is 11.6 Å². The molecule has 10 nitrogen and oxygen atoms in total. The SMILES string of the molecule is Cc1cn(C2CN(C(=O)OC(C)(C)C)C2)c2c1C(=O)N(c1cc(C)c3nnn(C)c3n1)C2c1ccc(Cl)cc1. The zero-order valence-electron chi connectivity index (χ0n) is 22.8. The molecule has 1 fully saturated rings. The van der Waals surface area contributed by atoms with Crippen LogP contribution in [0, 0.1) is 13.8 Å². The molecule has 6 rings (SSSR count). The highest BCUT2D eigenvalue weighted by Crippen LogP contribution is 2.45. The minimum atomic E-state index is -0.560. The first-order valence-corrected chi connectivity index (χ1v) is 13.3. The second-order valence-corrected chi connectivity index (χ2v) is 11.8. The van der Waals surface area contributed by atoms with Crippen LogP contribution in [0.2, 0.25) is 5.02 Å². The van der Waals surface area contributed by atoms with Crippen LogP contribution in [0.5, 0.6) is 0 Å². The summed E-state index contributed by atoms with van der Waals surface area (Å²) in [5.41, 5.74) is 4.97. The van der Waals surface area contributed by atoms with Crippen molar-refractivity contribution >= 4 is 40.6 Å². The van der Waals surface area contributed by atoms with E-state index >= 15 is 0 Å². The van der Waals surface area contributed by atoms with E-state index < -0.39 is 11.6 Å². The van der Waals surface area contributed by atoms with Crippen LogP contribution in [0.1, 0.15) is 65.6 Å². The van der Waals surface area contributed by atoms with E-state index in [2.05, 4.69) is 14.9 Å². The van der Waals surface area contributed by atoms with Gasteiger partial charge in [0.1, 0.15) is 23.0 Å². The Bertz CT molecular complexity index is 1630. The van der Waals surface area contributed by atoms with Gasteiger partial charge < -0.3 is 14.2 Å². The molecule has 0 radical (unpaired) electrons. The zero-order chi connectivity index (χ0) is 27.8. The minimum Gasteiger partial charge on any atom is -0.444 e. The Kier molecular flexibility index (Phi) is 5.73. The maximum Gasteiger partial charge on any atom is 0.410 e. The number of carbonyl (C=O) groups excluding carboxylic acids is 2. The second-order valence-electron chi connectivity index (χ2n) is 11.3. The van der Waals surface area contributed by atoms with E-state index in [4.69, 9.17) is 21.3 Å². The van der Waals surface area contributed by atoms with E-state index in [1.54, 1.807) is 21.5 Å². The highest BCUT2D eigenvalue weighted by atomic mass is 35.5. The highest BCUT2D eigenvalue weighted by molar-refractivity contribution is 6.30. The summed E-state index contributed by atoms with van der Waals surface area (Å²) in [7, 11) is 1.79. The number of nitrogens with zero attached hydrogens (tertiary/aromatic N) is 7. The highest BCUT2D eigenvalue weighted by Gasteiger charge is 2.46. The fourth-order valence-corrected chi connectivity index (χ4v) is 5.57. The Morgan fingerprint density at radius 2 is 1.79 bits per heavy atom. The molecule has 39 heavy (non-hydrogen) atoms. The zero-order valence-corrected chi connectivity index (χ0v) is 23.5. The second kappa shape index (κ2) is 8.81. The van der Waals surface area contributed by atoms with E-state index in [0.717, 1.165) is 22.4 Å². The molecule has 1 aromatic carbocycles. The number of halogens is 1. The summed E-state index contributed by atoms with van der Waals surface area (Å²) < 4.78 is 9.31. The molecule has 0 bridgehead atoms. The lowest BCUT2D eigenvalue weighted by molar-refractivity contribution is 0.000773. The van der Waals surface area contributed by atoms with Crippen LogP contribution in [0.3, 0.4) is 0 Å². The smallest absolute Gasteiger partial charge is 0.410 e. The van der Waals surface area contributed by atoms with Crippen LogP contribution in [-0.4, -0.2) is 60.1 Å². The fraction of sp³-hybridized carbons (Fsp3) is 0.393. The van der Waals surface area contributed by atoms with Gasteiger partial charge in [0.15, 0.2) is 5.65 Å². The molecule has 2 amide bonds. The molecule has 11 heteroatoms. The summed E-state index contributed by atoms with van der Waals surface area (Å²) in [4.78, 5) is 35.0. The molecular formula is C28H30ClN7O3. The summed E-state index contributed by atoms with van der Waals surface area (Å²) in [6, 6.07) is 9.02. The Morgan fingerprint density at radius 1 is 1.10 bits per heavy atom. The van der Waals surface area contributed by atoms with Crippen LogP contribution in [0.25, 0.3) is 11.2 Å². The van der Waals surface area contributed by atoms with Crippen LogP contribution in [0.4, 0.5) is 10.6 Å². The van der Waals surface area contributed by atoms with Gasteiger partial charge >= 0.3 is 6.09 Å². The molecule has 3 aromatic heterocycles. The Morgan fingerprint density at radius 3 is 2.46 bits per heavy atom. The predicted octanol–water partition coefficient (Wildman–Crippen LogP) is 4.98. The van der Waals surface area contributed by atoms with E-state index in [1.165, 1.54) is 0 Å². The van der Waals surface area contributed by atoms with Crippen LogP contribution in [0.15, 0.2) is 36.5 Å². The third-order valence-corrected chi connectivity index (χ3v) is 7.54. The van der Waals surface area contributed by atoms with Gasteiger partial charge in [-0.25, -0.2) is 14.5 Å². The van der Waals surface area contributed by atoms with E-state index in [-0.39, 0.29) is 18.0 Å². The van der Waals surface area contributed by atoms with Crippen LogP contribution in [-0.2, 0) is 11.8 Å². The third-order valence-electron chi connectivity index (χ3n) is 7.29. The number of rotatable bonds is 3. The molecule has 5 heterocycles. The number of amides is 2. The quantitative estimate of drug-likeness (QED) is 0.359. The van der Waals surface area contributed by atoms with Crippen molar-refractivity contribution in [3.8, 4) is 0 Å². The first-order valence-electron chi connectivity index (χ1n) is 12.9. The number of pyridine rings is 1. The average Bonchev–Trinajstić information content (AvgIpc) is 3.45. The number of aryl methyl sites for hydroxylation is 3. The summed E-state index contributed by atoms with van der Waals surface area (Å²) in [5.74, 6) is 0.410. The number of anilines is 1. The molecular weight excluding hydrogens is 518 g/mol. The molecule has 2 aliphatic heterocycles. The lowest BCUT2D eigenvalue weighted by atomic mass is 10.0. The van der Waals surface area contributed by atoms with Crippen molar-refractivity contribution in [3.63, 3.8) is 0 Å². The van der Waals surface area contributed by atoms with Crippen molar-refractivity contribution in [3.05, 3.63) is 69.5 Å². The number of hydrogen-bond donors (Lipinski definition) is 0. The standard InChI is InChI=1S/C28H30ClN7O3/c1-15-11-20(30-25-22(15)31-32-33(25)6)36-23(17-7-9-18(29)10-8-17)24-21(26(36)37)16(2)12-35(24)19-13-34(14-19)27(38)39-28(3,4)5/h7-12,19,23H,13-14H2,1-6H3. The van der Waals surface area contributed by atoms with Gasteiger partial charge in [-0.05, 0) is 69.5 Å². The number of fused-ring (bicyclic) bond motifs is 2. The number of benzene rings is 1. The lowest BCUT2D eigenvalue weighted by Gasteiger charge is -2.41. The van der Waals surface area contributed by atoms with Gasteiger partial charge in [0.25, 0.3) is 5.91 Å². The van der Waals surface area contributed by atoms with E-state index in [9.17, 15) is 9.59 Å². The first kappa shape index (κ1) is 25.4. The van der Waals surface area contributed by atoms with E-state index in [0.29, 0.717) is 40.7 Å². The van der Waals surface area contributed by atoms with Gasteiger partial charge in [-0.15, -0.1) is 5.10 Å². The van der Waals surface area contributed by atoms with Gasteiger partial charge in [-0.1, -0.05) is 28.9 Å². The van der Waals surface area contributed by atoms with E-state index in [1.807, 2.05) is 71.1 Å². The molecule has 1 atom stereocenters. The van der Waals surface area contributed by atoms with Gasteiger partial charge in [0.05, 0.1) is 17.3 Å². The normalized spacial score (nSPS) is 17.6. The monoisotopic (exact) mass is 547 g/mol. The molecule has 0 spiro atoms. The summed E-state index contributed by atoms with van der Waals surface area (Å²) >= 11 is 6.24. The van der Waals surface area contributed by atoms with Gasteiger partial charge in [-0.3, -0.25) is 9.69 Å². The number of likely N-dealkylation sites (tertiary alicyclic amines) is 1. The molecule has 0 N–H and O–H groups in total. The molecule has 202 valence electrons. The third kappa shape index (κ3) is 4.14. The first-order chi connectivity index (χ1) is 18.4. The van der Waals surface area contributed by atoms with Crippen LogP contribution < -0.4 is 4.90 Å². The van der Waals surface area contributed by atoms with Gasteiger partial charge in [0.2, 0.25) is 0 Å². The fourth-order valence-electron chi connectivity index (χ4n) is 5.45. The number of carbonyl (C=O) groups is 2. The number of hydrogen-bond acceptors (Lipinski definition) is 6. The predicted molar refractivity (Wildman–Crippen MR) is 147 cm³/mol. The molecule has 2 aliphatic rings.